The normalized spacial score (nSPS) is 25.5. The van der Waals surface area contributed by atoms with Crippen molar-refractivity contribution in [3.05, 3.63) is 0 Å². The van der Waals surface area contributed by atoms with Crippen molar-refractivity contribution in [3.8, 4) is 0 Å². The van der Waals surface area contributed by atoms with E-state index in [9.17, 15) is 4.79 Å². The van der Waals surface area contributed by atoms with Gasteiger partial charge in [0, 0.05) is 5.92 Å². The summed E-state index contributed by atoms with van der Waals surface area (Å²) in [7, 11) is 0. The summed E-state index contributed by atoms with van der Waals surface area (Å²) in [6.45, 7) is 2.14. The first kappa shape index (κ1) is 9.83. The Morgan fingerprint density at radius 1 is 1.71 bits per heavy atom. The van der Waals surface area contributed by atoms with Crippen LogP contribution in [0.4, 0.5) is 0 Å². The number of thioether (sulfide) groups is 1. The Bertz CT molecular complexity index is 263. The second-order valence-corrected chi connectivity index (χ2v) is 4.90. The van der Waals surface area contributed by atoms with Crippen molar-refractivity contribution < 1.29 is 4.79 Å². The van der Waals surface area contributed by atoms with E-state index in [2.05, 4.69) is 22.8 Å². The summed E-state index contributed by atoms with van der Waals surface area (Å²) in [6.07, 6.45) is 4.28. The zero-order valence-electron chi connectivity index (χ0n) is 8.25. The van der Waals surface area contributed by atoms with Crippen LogP contribution in [-0.2, 0) is 4.79 Å². The van der Waals surface area contributed by atoms with Gasteiger partial charge in [0.2, 0.25) is 5.91 Å². The van der Waals surface area contributed by atoms with E-state index in [1.165, 1.54) is 0 Å². The SMILES string of the molecule is CCCC1NN=C(NC(=O)C2CC2)S1. The lowest BCUT2D eigenvalue weighted by molar-refractivity contribution is -0.120. The van der Waals surface area contributed by atoms with Crippen molar-refractivity contribution in [2.45, 2.75) is 38.0 Å². The zero-order valence-corrected chi connectivity index (χ0v) is 9.06. The number of amidine groups is 1. The zero-order chi connectivity index (χ0) is 9.97. The fourth-order valence-electron chi connectivity index (χ4n) is 1.31. The molecule has 2 rings (SSSR count). The second kappa shape index (κ2) is 4.21. The van der Waals surface area contributed by atoms with E-state index >= 15 is 0 Å². The third-order valence-electron chi connectivity index (χ3n) is 2.29. The van der Waals surface area contributed by atoms with Crippen LogP contribution >= 0.6 is 11.8 Å². The van der Waals surface area contributed by atoms with E-state index in [4.69, 9.17) is 0 Å². The molecule has 0 radical (unpaired) electrons. The smallest absolute Gasteiger partial charge is 0.229 e. The molecule has 2 N–H and O–H groups in total. The van der Waals surface area contributed by atoms with Gasteiger partial charge in [0.25, 0.3) is 0 Å². The molecular formula is C9H15N3OS. The predicted octanol–water partition coefficient (Wildman–Crippen LogP) is 1.25. The van der Waals surface area contributed by atoms with E-state index in [0.29, 0.717) is 5.37 Å². The van der Waals surface area contributed by atoms with Gasteiger partial charge in [-0.25, -0.2) is 0 Å². The molecule has 2 aliphatic rings. The molecule has 0 bridgehead atoms. The fraction of sp³-hybridized carbons (Fsp3) is 0.778. The third-order valence-corrected chi connectivity index (χ3v) is 3.34. The van der Waals surface area contributed by atoms with Crippen LogP contribution in [0.25, 0.3) is 0 Å². The summed E-state index contributed by atoms with van der Waals surface area (Å²) >= 11 is 1.62. The standard InChI is InChI=1S/C9H15N3OS/c1-2-3-7-11-12-9(14-7)10-8(13)6-4-5-6/h6-7,11H,2-5H2,1H3,(H,10,12,13). The van der Waals surface area contributed by atoms with Crippen LogP contribution in [0, 0.1) is 5.92 Å². The van der Waals surface area contributed by atoms with Crippen LogP contribution in [0.15, 0.2) is 5.10 Å². The van der Waals surface area contributed by atoms with Crippen molar-refractivity contribution in [3.63, 3.8) is 0 Å². The molecule has 5 heteroatoms. The molecule has 0 saturated heterocycles. The molecule has 78 valence electrons. The van der Waals surface area contributed by atoms with Gasteiger partial charge >= 0.3 is 0 Å². The Morgan fingerprint density at radius 2 is 2.50 bits per heavy atom. The van der Waals surface area contributed by atoms with Gasteiger partial charge in [-0.05, 0) is 19.3 Å². The number of rotatable bonds is 3. The minimum Gasteiger partial charge on any atom is -0.303 e. The van der Waals surface area contributed by atoms with E-state index < -0.39 is 0 Å². The molecule has 1 saturated carbocycles. The molecule has 1 fully saturated rings. The quantitative estimate of drug-likeness (QED) is 0.741. The molecule has 0 aromatic rings. The Balaban J connectivity index is 1.74. The van der Waals surface area contributed by atoms with E-state index in [-0.39, 0.29) is 11.8 Å². The number of hydrazone groups is 1. The molecule has 1 unspecified atom stereocenters. The molecule has 1 aliphatic heterocycles. The minimum absolute atomic E-state index is 0.134. The average Bonchev–Trinajstić information content (AvgIpc) is 2.92. The van der Waals surface area contributed by atoms with Crippen molar-refractivity contribution >= 4 is 22.8 Å². The van der Waals surface area contributed by atoms with Crippen LogP contribution in [-0.4, -0.2) is 16.4 Å². The second-order valence-electron chi connectivity index (χ2n) is 3.70. The van der Waals surface area contributed by atoms with Crippen LogP contribution < -0.4 is 10.7 Å². The molecule has 0 aromatic heterocycles. The van der Waals surface area contributed by atoms with Gasteiger partial charge in [0.05, 0.1) is 5.37 Å². The van der Waals surface area contributed by atoms with Crippen LogP contribution in [0.2, 0.25) is 0 Å². The maximum Gasteiger partial charge on any atom is 0.229 e. The summed E-state index contributed by atoms with van der Waals surface area (Å²) < 4.78 is 0. The average molecular weight is 213 g/mol. The molecule has 1 atom stereocenters. The van der Waals surface area contributed by atoms with Crippen LogP contribution in [0.3, 0.4) is 0 Å². The van der Waals surface area contributed by atoms with Crippen molar-refractivity contribution in [1.29, 1.82) is 0 Å². The highest BCUT2D eigenvalue weighted by atomic mass is 32.2. The Hall–Kier alpha value is -0.710. The number of amides is 1. The highest BCUT2D eigenvalue weighted by molar-refractivity contribution is 8.14. The van der Waals surface area contributed by atoms with Gasteiger partial charge in [-0.2, -0.15) is 5.10 Å². The highest BCUT2D eigenvalue weighted by Gasteiger charge is 2.31. The van der Waals surface area contributed by atoms with Gasteiger partial charge in [-0.3, -0.25) is 10.2 Å². The lowest BCUT2D eigenvalue weighted by Crippen LogP contribution is -2.28. The van der Waals surface area contributed by atoms with Gasteiger partial charge in [0.1, 0.15) is 0 Å². The van der Waals surface area contributed by atoms with Gasteiger partial charge in [0.15, 0.2) is 5.17 Å². The van der Waals surface area contributed by atoms with E-state index in [0.717, 1.165) is 30.9 Å². The number of carbonyl (C=O) groups is 1. The van der Waals surface area contributed by atoms with Crippen LogP contribution in [0.1, 0.15) is 32.6 Å². The molecular weight excluding hydrogens is 198 g/mol. The monoisotopic (exact) mass is 213 g/mol. The Labute approximate surface area is 87.9 Å². The molecule has 1 heterocycles. The minimum atomic E-state index is 0.134. The molecule has 1 aliphatic carbocycles. The number of nitrogens with zero attached hydrogens (tertiary/aromatic N) is 1. The lowest BCUT2D eigenvalue weighted by Gasteiger charge is -2.06. The largest absolute Gasteiger partial charge is 0.303 e. The van der Waals surface area contributed by atoms with Crippen molar-refractivity contribution in [2.24, 2.45) is 11.0 Å². The summed E-state index contributed by atoms with van der Waals surface area (Å²) in [5, 5.41) is 8.00. The molecule has 14 heavy (non-hydrogen) atoms. The maximum atomic E-state index is 11.4. The summed E-state index contributed by atoms with van der Waals surface area (Å²) in [5.74, 6) is 0.388. The van der Waals surface area contributed by atoms with Gasteiger partial charge in [-0.1, -0.05) is 25.1 Å². The summed E-state index contributed by atoms with van der Waals surface area (Å²) in [6, 6.07) is 0. The fourth-order valence-corrected chi connectivity index (χ4v) is 2.31. The predicted molar refractivity (Wildman–Crippen MR) is 57.7 cm³/mol. The summed E-state index contributed by atoms with van der Waals surface area (Å²) in [4.78, 5) is 11.4. The van der Waals surface area contributed by atoms with Crippen LogP contribution in [0.5, 0.6) is 0 Å². The van der Waals surface area contributed by atoms with Gasteiger partial charge in [-0.15, -0.1) is 0 Å². The van der Waals surface area contributed by atoms with Crippen molar-refractivity contribution in [1.82, 2.24) is 10.7 Å². The number of nitrogens with one attached hydrogen (secondary N) is 2. The molecule has 1 amide bonds. The highest BCUT2D eigenvalue weighted by Crippen LogP contribution is 2.29. The Morgan fingerprint density at radius 3 is 3.14 bits per heavy atom. The first-order chi connectivity index (χ1) is 6.79. The first-order valence-electron chi connectivity index (χ1n) is 5.10. The number of hydrogen-bond acceptors (Lipinski definition) is 4. The van der Waals surface area contributed by atoms with E-state index in [1.54, 1.807) is 11.8 Å². The number of hydrogen-bond donors (Lipinski definition) is 2. The molecule has 0 spiro atoms. The number of carbonyl (C=O) groups excluding carboxylic acids is 1. The van der Waals surface area contributed by atoms with Crippen molar-refractivity contribution in [2.75, 3.05) is 0 Å². The lowest BCUT2D eigenvalue weighted by atomic mass is 10.3. The Kier molecular flexibility index (Phi) is 2.96. The molecule has 0 aromatic carbocycles. The topological polar surface area (TPSA) is 53.5 Å². The first-order valence-corrected chi connectivity index (χ1v) is 5.98. The maximum absolute atomic E-state index is 11.4. The summed E-state index contributed by atoms with van der Waals surface area (Å²) in [5.41, 5.74) is 3.01. The third kappa shape index (κ3) is 2.41. The van der Waals surface area contributed by atoms with E-state index in [1.807, 2.05) is 0 Å². The van der Waals surface area contributed by atoms with Gasteiger partial charge < -0.3 is 5.32 Å². The molecule has 4 nitrogen and oxygen atoms in total.